The van der Waals surface area contributed by atoms with Crippen LogP contribution in [0.15, 0.2) is 0 Å². The third-order valence-corrected chi connectivity index (χ3v) is 3.56. The molecule has 1 fully saturated rings. The molecular weight excluding hydrogens is 200 g/mol. The van der Waals surface area contributed by atoms with E-state index in [0.29, 0.717) is 5.92 Å². The van der Waals surface area contributed by atoms with Gasteiger partial charge in [0, 0.05) is 13.2 Å². The van der Waals surface area contributed by atoms with Crippen molar-refractivity contribution >= 4 is 11.5 Å². The van der Waals surface area contributed by atoms with E-state index < -0.39 is 6.10 Å². The Labute approximate surface area is 87.1 Å². The summed E-state index contributed by atoms with van der Waals surface area (Å²) in [6, 6.07) is 0. The van der Waals surface area contributed by atoms with E-state index in [1.165, 1.54) is 11.5 Å². The van der Waals surface area contributed by atoms with Gasteiger partial charge in [0.15, 0.2) is 0 Å². The summed E-state index contributed by atoms with van der Waals surface area (Å²) in [6.07, 6.45) is 1.45. The summed E-state index contributed by atoms with van der Waals surface area (Å²) in [5, 5.41) is 14.0. The van der Waals surface area contributed by atoms with Gasteiger partial charge in [0.25, 0.3) is 0 Å². The molecule has 1 aliphatic rings. The van der Waals surface area contributed by atoms with Gasteiger partial charge in [0.05, 0.1) is 16.7 Å². The van der Waals surface area contributed by atoms with Gasteiger partial charge >= 0.3 is 0 Å². The maximum Gasteiger partial charge on any atom is 0.0946 e. The molecule has 5 heteroatoms. The number of ether oxygens (including phenoxy) is 1. The Hall–Kier alpha value is -0.520. The second-order valence-electron chi connectivity index (χ2n) is 3.62. The topological polar surface area (TPSA) is 55.2 Å². The van der Waals surface area contributed by atoms with Crippen LogP contribution in [0.3, 0.4) is 0 Å². The fraction of sp³-hybridized carbons (Fsp3) is 0.778. The molecule has 1 aromatic rings. The maximum atomic E-state index is 10.1. The van der Waals surface area contributed by atoms with E-state index in [2.05, 4.69) is 9.59 Å². The predicted octanol–water partition coefficient (Wildman–Crippen LogP) is 1.31. The van der Waals surface area contributed by atoms with E-state index in [1.54, 1.807) is 0 Å². The van der Waals surface area contributed by atoms with Crippen molar-refractivity contribution in [2.75, 3.05) is 13.2 Å². The van der Waals surface area contributed by atoms with Gasteiger partial charge in [-0.15, -0.1) is 5.10 Å². The Bertz CT molecular complexity index is 297. The summed E-state index contributed by atoms with van der Waals surface area (Å²) in [6.45, 7) is 3.40. The molecule has 0 spiro atoms. The van der Waals surface area contributed by atoms with Crippen molar-refractivity contribution in [1.29, 1.82) is 0 Å². The van der Waals surface area contributed by atoms with E-state index >= 15 is 0 Å². The van der Waals surface area contributed by atoms with Crippen molar-refractivity contribution < 1.29 is 9.84 Å². The predicted molar refractivity (Wildman–Crippen MR) is 53.1 cm³/mol. The number of aliphatic hydroxyl groups excluding tert-OH is 1. The second kappa shape index (κ2) is 4.33. The minimum absolute atomic E-state index is 0.310. The molecule has 0 radical (unpaired) electrons. The highest BCUT2D eigenvalue weighted by Crippen LogP contribution is 2.32. The van der Waals surface area contributed by atoms with E-state index in [9.17, 15) is 5.11 Å². The van der Waals surface area contributed by atoms with Crippen LogP contribution >= 0.6 is 11.5 Å². The summed E-state index contributed by atoms with van der Waals surface area (Å²) >= 11 is 1.30. The minimum atomic E-state index is -0.404. The van der Waals surface area contributed by atoms with Crippen LogP contribution in [0.4, 0.5) is 0 Å². The van der Waals surface area contributed by atoms with Gasteiger partial charge in [-0.05, 0) is 37.2 Å². The third-order valence-electron chi connectivity index (χ3n) is 2.67. The van der Waals surface area contributed by atoms with Gasteiger partial charge < -0.3 is 9.84 Å². The number of hydrogen-bond donors (Lipinski definition) is 1. The normalized spacial score (nSPS) is 21.0. The molecule has 14 heavy (non-hydrogen) atoms. The van der Waals surface area contributed by atoms with E-state index in [0.717, 1.165) is 36.6 Å². The largest absolute Gasteiger partial charge is 0.387 e. The van der Waals surface area contributed by atoms with Crippen molar-refractivity contribution in [2.45, 2.75) is 25.9 Å². The lowest BCUT2D eigenvalue weighted by atomic mass is 9.92. The molecule has 78 valence electrons. The zero-order valence-corrected chi connectivity index (χ0v) is 8.96. The van der Waals surface area contributed by atoms with Crippen molar-refractivity contribution in [3.8, 4) is 0 Å². The number of rotatable bonds is 2. The van der Waals surface area contributed by atoms with Gasteiger partial charge in [-0.25, -0.2) is 0 Å². The summed E-state index contributed by atoms with van der Waals surface area (Å²) in [5.41, 5.74) is 0.856. The Morgan fingerprint density at radius 2 is 2.21 bits per heavy atom. The van der Waals surface area contributed by atoms with Crippen LogP contribution in [-0.2, 0) is 4.74 Å². The molecule has 1 saturated heterocycles. The summed E-state index contributed by atoms with van der Waals surface area (Å²) in [4.78, 5) is 0.914. The molecule has 1 N–H and O–H groups in total. The number of aliphatic hydroxyl groups is 1. The van der Waals surface area contributed by atoms with Crippen LogP contribution < -0.4 is 0 Å². The highest BCUT2D eigenvalue weighted by molar-refractivity contribution is 7.05. The molecule has 1 aromatic heterocycles. The summed E-state index contributed by atoms with van der Waals surface area (Å²) in [5.74, 6) is 0.310. The Morgan fingerprint density at radius 1 is 1.50 bits per heavy atom. The molecule has 0 amide bonds. The third kappa shape index (κ3) is 1.94. The van der Waals surface area contributed by atoms with Gasteiger partial charge in [-0.1, -0.05) is 4.49 Å². The van der Waals surface area contributed by atoms with E-state index in [-0.39, 0.29) is 0 Å². The second-order valence-corrected chi connectivity index (χ2v) is 4.40. The first-order chi connectivity index (χ1) is 6.79. The molecule has 1 unspecified atom stereocenters. The molecule has 2 rings (SSSR count). The summed E-state index contributed by atoms with van der Waals surface area (Å²) in [7, 11) is 0. The fourth-order valence-corrected chi connectivity index (χ4v) is 2.48. The zero-order chi connectivity index (χ0) is 9.97. The van der Waals surface area contributed by atoms with Crippen molar-refractivity contribution in [2.24, 2.45) is 5.92 Å². The lowest BCUT2D eigenvalue weighted by Gasteiger charge is -2.25. The fourth-order valence-electron chi connectivity index (χ4n) is 1.75. The van der Waals surface area contributed by atoms with E-state index in [1.807, 2.05) is 6.92 Å². The molecule has 0 saturated carbocycles. The lowest BCUT2D eigenvalue weighted by Crippen LogP contribution is -2.21. The molecule has 0 bridgehead atoms. The highest BCUT2D eigenvalue weighted by atomic mass is 32.1. The Kier molecular flexibility index (Phi) is 3.10. The average molecular weight is 214 g/mol. The van der Waals surface area contributed by atoms with Crippen LogP contribution in [-0.4, -0.2) is 27.9 Å². The average Bonchev–Trinajstić information content (AvgIpc) is 2.65. The van der Waals surface area contributed by atoms with Crippen LogP contribution in [0.1, 0.15) is 29.5 Å². The molecule has 0 aromatic carbocycles. The number of hydrogen-bond acceptors (Lipinski definition) is 5. The molecule has 4 nitrogen and oxygen atoms in total. The van der Waals surface area contributed by atoms with Crippen LogP contribution in [0.5, 0.6) is 0 Å². The van der Waals surface area contributed by atoms with Crippen molar-refractivity contribution in [3.05, 3.63) is 10.6 Å². The summed E-state index contributed by atoms with van der Waals surface area (Å²) < 4.78 is 9.10. The molecule has 1 aliphatic heterocycles. The monoisotopic (exact) mass is 214 g/mol. The van der Waals surface area contributed by atoms with Gasteiger partial charge in [-0.2, -0.15) is 0 Å². The quantitative estimate of drug-likeness (QED) is 0.806. The first-order valence-electron chi connectivity index (χ1n) is 4.83. The first kappa shape index (κ1) is 10.0. The van der Waals surface area contributed by atoms with Gasteiger partial charge in [0.1, 0.15) is 0 Å². The van der Waals surface area contributed by atoms with Crippen LogP contribution in [0, 0.1) is 12.8 Å². The Balaban J connectivity index is 2.07. The molecule has 2 heterocycles. The number of nitrogens with zero attached hydrogens (tertiary/aromatic N) is 2. The molecule has 0 aliphatic carbocycles. The zero-order valence-electron chi connectivity index (χ0n) is 8.14. The van der Waals surface area contributed by atoms with Crippen LogP contribution in [0.25, 0.3) is 0 Å². The minimum Gasteiger partial charge on any atom is -0.387 e. The lowest BCUT2D eigenvalue weighted by molar-refractivity contribution is 0.00824. The number of aromatic nitrogens is 2. The van der Waals surface area contributed by atoms with Gasteiger partial charge in [0.2, 0.25) is 0 Å². The van der Waals surface area contributed by atoms with Crippen molar-refractivity contribution in [1.82, 2.24) is 9.59 Å². The Morgan fingerprint density at radius 3 is 2.79 bits per heavy atom. The first-order valence-corrected chi connectivity index (χ1v) is 5.61. The van der Waals surface area contributed by atoms with E-state index in [4.69, 9.17) is 4.74 Å². The molecule has 1 atom stereocenters. The van der Waals surface area contributed by atoms with Crippen molar-refractivity contribution in [3.63, 3.8) is 0 Å². The smallest absolute Gasteiger partial charge is 0.0946 e. The van der Waals surface area contributed by atoms with Gasteiger partial charge in [-0.3, -0.25) is 0 Å². The highest BCUT2D eigenvalue weighted by Gasteiger charge is 2.26. The molecular formula is C9H14N2O2S. The van der Waals surface area contributed by atoms with Crippen LogP contribution in [0.2, 0.25) is 0 Å². The SMILES string of the molecule is Cc1nnsc1C(O)C1CCOCC1. The maximum absolute atomic E-state index is 10.1. The number of aryl methyl sites for hydroxylation is 1. The standard InChI is InChI=1S/C9H14N2O2S/c1-6-9(14-11-10-6)8(12)7-2-4-13-5-3-7/h7-8,12H,2-5H2,1H3.